The zero-order valence-electron chi connectivity index (χ0n) is 14.1. The maximum absolute atomic E-state index is 12.9. The fourth-order valence-electron chi connectivity index (χ4n) is 2.67. The zero-order valence-corrected chi connectivity index (χ0v) is 14.9. The molecular weight excluding hydrogens is 373 g/mol. The Kier molecular flexibility index (Phi) is 4.31. The number of halogens is 3. The molecule has 0 amide bonds. The van der Waals surface area contributed by atoms with Gasteiger partial charge in [0.05, 0.1) is 10.9 Å². The van der Waals surface area contributed by atoms with E-state index >= 15 is 0 Å². The highest BCUT2D eigenvalue weighted by Crippen LogP contribution is 2.38. The molecular formula is C20H13F3N2OS. The Morgan fingerprint density at radius 2 is 1.70 bits per heavy atom. The molecule has 2 aromatic carbocycles. The van der Waals surface area contributed by atoms with Gasteiger partial charge < -0.3 is 4.74 Å². The lowest BCUT2D eigenvalue weighted by Gasteiger charge is -2.10. The van der Waals surface area contributed by atoms with Crippen molar-refractivity contribution in [3.8, 4) is 22.1 Å². The van der Waals surface area contributed by atoms with Crippen molar-refractivity contribution in [3.05, 3.63) is 72.1 Å². The van der Waals surface area contributed by atoms with Crippen LogP contribution in [0, 0.1) is 6.92 Å². The van der Waals surface area contributed by atoms with Gasteiger partial charge in [-0.05, 0) is 36.8 Å². The quantitative estimate of drug-likeness (QED) is 0.404. The van der Waals surface area contributed by atoms with Crippen LogP contribution in [0.2, 0.25) is 0 Å². The van der Waals surface area contributed by atoms with Crippen LogP contribution in [0.1, 0.15) is 11.4 Å². The van der Waals surface area contributed by atoms with Crippen LogP contribution in [-0.4, -0.2) is 9.97 Å². The first-order valence-electron chi connectivity index (χ1n) is 8.09. The van der Waals surface area contributed by atoms with E-state index in [1.54, 1.807) is 6.92 Å². The summed E-state index contributed by atoms with van der Waals surface area (Å²) in [5.41, 5.74) is 0.264. The van der Waals surface area contributed by atoms with Crippen molar-refractivity contribution in [2.45, 2.75) is 13.1 Å². The lowest BCUT2D eigenvalue weighted by molar-refractivity contribution is -0.137. The highest BCUT2D eigenvalue weighted by Gasteiger charge is 2.30. The van der Waals surface area contributed by atoms with E-state index in [4.69, 9.17) is 4.74 Å². The van der Waals surface area contributed by atoms with Crippen molar-refractivity contribution in [3.63, 3.8) is 0 Å². The number of benzene rings is 2. The second kappa shape index (κ2) is 6.66. The Labute approximate surface area is 157 Å². The number of aromatic nitrogens is 2. The Bertz CT molecular complexity index is 1110. The summed E-state index contributed by atoms with van der Waals surface area (Å²) in [6.45, 7) is 1.72. The first-order chi connectivity index (χ1) is 12.9. The van der Waals surface area contributed by atoms with Gasteiger partial charge in [-0.3, -0.25) is 0 Å². The molecule has 0 saturated heterocycles. The molecule has 0 N–H and O–H groups in total. The summed E-state index contributed by atoms with van der Waals surface area (Å²) in [7, 11) is 0. The molecule has 7 heteroatoms. The summed E-state index contributed by atoms with van der Waals surface area (Å²) >= 11 is 1.49. The zero-order chi connectivity index (χ0) is 19.0. The molecule has 2 aromatic heterocycles. The van der Waals surface area contributed by atoms with Crippen LogP contribution in [0.5, 0.6) is 11.6 Å². The Balaban J connectivity index is 1.77. The minimum absolute atomic E-state index is 0.0803. The third kappa shape index (κ3) is 3.64. The molecule has 4 aromatic rings. The molecule has 3 nitrogen and oxygen atoms in total. The van der Waals surface area contributed by atoms with Gasteiger partial charge in [0.25, 0.3) is 0 Å². The third-order valence-corrected chi connectivity index (χ3v) is 4.98. The van der Waals surface area contributed by atoms with Gasteiger partial charge in [-0.2, -0.15) is 18.2 Å². The van der Waals surface area contributed by atoms with Crippen molar-refractivity contribution in [1.29, 1.82) is 0 Å². The highest BCUT2D eigenvalue weighted by molar-refractivity contribution is 7.21. The molecule has 0 unspecified atom stereocenters. The molecule has 0 bridgehead atoms. The first-order valence-corrected chi connectivity index (χ1v) is 8.90. The van der Waals surface area contributed by atoms with Crippen LogP contribution in [0.4, 0.5) is 13.2 Å². The van der Waals surface area contributed by atoms with Gasteiger partial charge in [-0.25, -0.2) is 4.98 Å². The molecule has 136 valence electrons. The van der Waals surface area contributed by atoms with Crippen molar-refractivity contribution in [2.24, 2.45) is 0 Å². The van der Waals surface area contributed by atoms with E-state index in [1.165, 1.54) is 23.5 Å². The van der Waals surface area contributed by atoms with Crippen LogP contribution in [0.3, 0.4) is 0 Å². The number of ether oxygens (including phenoxy) is 1. The van der Waals surface area contributed by atoms with Crippen molar-refractivity contribution >= 4 is 21.6 Å². The summed E-state index contributed by atoms with van der Waals surface area (Å²) < 4.78 is 44.5. The van der Waals surface area contributed by atoms with E-state index < -0.39 is 11.7 Å². The number of aryl methyl sites for hydroxylation is 1. The SMILES string of the molecule is Cc1nc(Oc2cccc(C(F)(F)F)c2)c2cc(-c3ccccc3)sc2n1. The van der Waals surface area contributed by atoms with Gasteiger partial charge in [0.15, 0.2) is 0 Å². The fourth-order valence-corrected chi connectivity index (χ4v) is 3.74. The average molecular weight is 386 g/mol. The minimum atomic E-state index is -4.43. The molecule has 2 heterocycles. The molecule has 27 heavy (non-hydrogen) atoms. The van der Waals surface area contributed by atoms with Crippen LogP contribution in [0.25, 0.3) is 20.7 Å². The molecule has 0 aliphatic carbocycles. The molecule has 0 spiro atoms. The predicted molar refractivity (Wildman–Crippen MR) is 99.1 cm³/mol. The Morgan fingerprint density at radius 3 is 2.44 bits per heavy atom. The second-order valence-electron chi connectivity index (χ2n) is 5.90. The molecule has 0 atom stereocenters. The minimum Gasteiger partial charge on any atom is -0.438 e. The average Bonchev–Trinajstić information content (AvgIpc) is 3.06. The van der Waals surface area contributed by atoms with Gasteiger partial charge in [0.1, 0.15) is 16.4 Å². The largest absolute Gasteiger partial charge is 0.438 e. The Morgan fingerprint density at radius 1 is 0.926 bits per heavy atom. The molecule has 0 saturated carbocycles. The van der Waals surface area contributed by atoms with Crippen molar-refractivity contribution in [2.75, 3.05) is 0 Å². The lowest BCUT2D eigenvalue weighted by atomic mass is 10.2. The third-order valence-electron chi connectivity index (χ3n) is 3.90. The number of thiophene rings is 1. The number of nitrogens with zero attached hydrogens (tertiary/aromatic N) is 2. The van der Waals surface area contributed by atoms with Crippen LogP contribution < -0.4 is 4.74 Å². The number of hydrogen-bond acceptors (Lipinski definition) is 4. The maximum Gasteiger partial charge on any atom is 0.416 e. The summed E-state index contributed by atoms with van der Waals surface area (Å²) in [5.74, 6) is 0.817. The van der Waals surface area contributed by atoms with E-state index in [1.807, 2.05) is 36.4 Å². The van der Waals surface area contributed by atoms with Crippen molar-refractivity contribution < 1.29 is 17.9 Å². The maximum atomic E-state index is 12.9. The summed E-state index contributed by atoms with van der Waals surface area (Å²) in [4.78, 5) is 10.4. The van der Waals surface area contributed by atoms with E-state index in [0.29, 0.717) is 11.2 Å². The Hall–Kier alpha value is -2.93. The van der Waals surface area contributed by atoms with Gasteiger partial charge in [-0.15, -0.1) is 11.3 Å². The van der Waals surface area contributed by atoms with Crippen LogP contribution >= 0.6 is 11.3 Å². The summed E-state index contributed by atoms with van der Waals surface area (Å²) in [5, 5.41) is 0.668. The molecule has 4 rings (SSSR count). The second-order valence-corrected chi connectivity index (χ2v) is 6.93. The number of hydrogen-bond donors (Lipinski definition) is 0. The van der Waals surface area contributed by atoms with Gasteiger partial charge in [0.2, 0.25) is 5.88 Å². The topological polar surface area (TPSA) is 35.0 Å². The predicted octanol–water partition coefficient (Wildman–Crippen LogP) is 6.48. The normalized spacial score (nSPS) is 11.7. The van der Waals surface area contributed by atoms with Crippen LogP contribution in [-0.2, 0) is 6.18 Å². The molecule has 0 aliphatic rings. The van der Waals surface area contributed by atoms with E-state index in [0.717, 1.165) is 27.4 Å². The summed E-state index contributed by atoms with van der Waals surface area (Å²) in [6.07, 6.45) is -4.43. The van der Waals surface area contributed by atoms with E-state index in [2.05, 4.69) is 9.97 Å². The smallest absolute Gasteiger partial charge is 0.416 e. The van der Waals surface area contributed by atoms with Crippen molar-refractivity contribution in [1.82, 2.24) is 9.97 Å². The molecule has 0 aliphatic heterocycles. The summed E-state index contributed by atoms with van der Waals surface area (Å²) in [6, 6.07) is 16.4. The highest BCUT2D eigenvalue weighted by atomic mass is 32.1. The van der Waals surface area contributed by atoms with E-state index in [-0.39, 0.29) is 11.6 Å². The lowest BCUT2D eigenvalue weighted by Crippen LogP contribution is -2.04. The van der Waals surface area contributed by atoms with Gasteiger partial charge in [0, 0.05) is 4.88 Å². The monoisotopic (exact) mass is 386 g/mol. The van der Waals surface area contributed by atoms with Crippen LogP contribution in [0.15, 0.2) is 60.7 Å². The molecule has 0 fully saturated rings. The standard InChI is InChI=1S/C20H13F3N2OS/c1-12-24-18(26-15-9-5-8-14(10-15)20(21,22)23)16-11-17(27-19(16)25-12)13-6-3-2-4-7-13/h2-11H,1H3. The first kappa shape index (κ1) is 17.5. The number of fused-ring (bicyclic) bond motifs is 1. The van der Waals surface area contributed by atoms with E-state index in [9.17, 15) is 13.2 Å². The number of alkyl halides is 3. The fraction of sp³-hybridized carbons (Fsp3) is 0.100. The van der Waals surface area contributed by atoms with Gasteiger partial charge in [-0.1, -0.05) is 36.4 Å². The number of rotatable bonds is 3. The van der Waals surface area contributed by atoms with Gasteiger partial charge >= 0.3 is 6.18 Å². The molecule has 0 radical (unpaired) electrons.